The van der Waals surface area contributed by atoms with E-state index in [0.717, 1.165) is 25.2 Å². The van der Waals surface area contributed by atoms with Gasteiger partial charge in [0.2, 0.25) is 0 Å². The average molecular weight is 215 g/mol. The Morgan fingerprint density at radius 1 is 1.38 bits per heavy atom. The number of nitriles is 1. The minimum Gasteiger partial charge on any atom is -0.315 e. The molecule has 1 atom stereocenters. The monoisotopic (exact) mass is 215 g/mol. The SMILES string of the molecule is N#Cc1ccc(CN[C@@H]2CCCNC2)cc1. The smallest absolute Gasteiger partial charge is 0.0991 e. The van der Waals surface area contributed by atoms with Gasteiger partial charge in [-0.15, -0.1) is 0 Å². The van der Waals surface area contributed by atoms with Gasteiger partial charge in [-0.3, -0.25) is 0 Å². The van der Waals surface area contributed by atoms with Crippen LogP contribution in [0.4, 0.5) is 0 Å². The second-order valence-corrected chi connectivity index (χ2v) is 4.23. The predicted molar refractivity (Wildman–Crippen MR) is 63.9 cm³/mol. The largest absolute Gasteiger partial charge is 0.315 e. The van der Waals surface area contributed by atoms with E-state index in [2.05, 4.69) is 16.7 Å². The molecular weight excluding hydrogens is 198 g/mol. The summed E-state index contributed by atoms with van der Waals surface area (Å²) >= 11 is 0. The first-order valence-corrected chi connectivity index (χ1v) is 5.81. The van der Waals surface area contributed by atoms with Crippen molar-refractivity contribution in [2.45, 2.75) is 25.4 Å². The Bertz CT molecular complexity index is 358. The molecule has 0 spiro atoms. The van der Waals surface area contributed by atoms with Crippen molar-refractivity contribution in [3.8, 4) is 6.07 Å². The van der Waals surface area contributed by atoms with E-state index in [4.69, 9.17) is 5.26 Å². The van der Waals surface area contributed by atoms with Gasteiger partial charge < -0.3 is 10.6 Å². The summed E-state index contributed by atoms with van der Waals surface area (Å²) < 4.78 is 0. The average Bonchev–Trinajstić information content (AvgIpc) is 2.38. The fourth-order valence-corrected chi connectivity index (χ4v) is 1.99. The lowest BCUT2D eigenvalue weighted by molar-refractivity contribution is 0.389. The molecule has 1 aliphatic heterocycles. The molecule has 1 aliphatic rings. The van der Waals surface area contributed by atoms with E-state index >= 15 is 0 Å². The molecule has 0 radical (unpaired) electrons. The number of rotatable bonds is 3. The molecule has 0 amide bonds. The second-order valence-electron chi connectivity index (χ2n) is 4.23. The van der Waals surface area contributed by atoms with Gasteiger partial charge in [0.15, 0.2) is 0 Å². The van der Waals surface area contributed by atoms with Gasteiger partial charge in [-0.1, -0.05) is 12.1 Å². The van der Waals surface area contributed by atoms with Crippen LogP contribution in [0.25, 0.3) is 0 Å². The van der Waals surface area contributed by atoms with E-state index in [1.807, 2.05) is 24.3 Å². The zero-order chi connectivity index (χ0) is 11.2. The number of benzene rings is 1. The minimum atomic E-state index is 0.587. The van der Waals surface area contributed by atoms with Gasteiger partial charge >= 0.3 is 0 Å². The Balaban J connectivity index is 1.82. The van der Waals surface area contributed by atoms with Crippen LogP contribution in [0.15, 0.2) is 24.3 Å². The lowest BCUT2D eigenvalue weighted by atomic mass is 10.1. The number of hydrogen-bond acceptors (Lipinski definition) is 3. The molecule has 84 valence electrons. The molecule has 2 rings (SSSR count). The molecule has 0 bridgehead atoms. The first-order chi connectivity index (χ1) is 7.88. The maximum absolute atomic E-state index is 8.69. The molecule has 3 nitrogen and oxygen atoms in total. The molecule has 1 aromatic carbocycles. The molecule has 0 unspecified atom stereocenters. The highest BCUT2D eigenvalue weighted by atomic mass is 15.0. The van der Waals surface area contributed by atoms with Crippen LogP contribution in [0.3, 0.4) is 0 Å². The van der Waals surface area contributed by atoms with E-state index in [1.54, 1.807) is 0 Å². The molecule has 0 aliphatic carbocycles. The van der Waals surface area contributed by atoms with Crippen LogP contribution in [-0.4, -0.2) is 19.1 Å². The molecule has 16 heavy (non-hydrogen) atoms. The summed E-state index contributed by atoms with van der Waals surface area (Å²) in [5.41, 5.74) is 1.97. The summed E-state index contributed by atoms with van der Waals surface area (Å²) in [7, 11) is 0. The van der Waals surface area contributed by atoms with E-state index in [9.17, 15) is 0 Å². The topological polar surface area (TPSA) is 47.9 Å². The summed E-state index contributed by atoms with van der Waals surface area (Å²) in [5, 5.41) is 15.6. The molecular formula is C13H17N3. The van der Waals surface area contributed by atoms with Gasteiger partial charge in [-0.2, -0.15) is 5.26 Å². The standard InChI is InChI=1S/C13H17N3/c14-8-11-3-5-12(6-4-11)9-16-13-2-1-7-15-10-13/h3-6,13,15-16H,1-2,7,9-10H2/t13-/m1/s1. The molecule has 0 aromatic heterocycles. The van der Waals surface area contributed by atoms with Crippen molar-refractivity contribution in [1.29, 1.82) is 5.26 Å². The summed E-state index contributed by atoms with van der Waals surface area (Å²) in [4.78, 5) is 0. The Morgan fingerprint density at radius 3 is 2.81 bits per heavy atom. The zero-order valence-corrected chi connectivity index (χ0v) is 9.37. The van der Waals surface area contributed by atoms with Crippen molar-refractivity contribution in [1.82, 2.24) is 10.6 Å². The normalized spacial score (nSPS) is 20.3. The highest BCUT2D eigenvalue weighted by Gasteiger charge is 2.11. The van der Waals surface area contributed by atoms with Crippen LogP contribution in [-0.2, 0) is 6.54 Å². The lowest BCUT2D eigenvalue weighted by Crippen LogP contribution is -2.42. The predicted octanol–water partition coefficient (Wildman–Crippen LogP) is 1.40. The van der Waals surface area contributed by atoms with Gasteiger partial charge in [0.05, 0.1) is 11.6 Å². The first-order valence-electron chi connectivity index (χ1n) is 5.81. The van der Waals surface area contributed by atoms with Crippen molar-refractivity contribution in [3.05, 3.63) is 35.4 Å². The van der Waals surface area contributed by atoms with Crippen molar-refractivity contribution < 1.29 is 0 Å². The fraction of sp³-hybridized carbons (Fsp3) is 0.462. The number of piperidine rings is 1. The van der Waals surface area contributed by atoms with Crippen LogP contribution in [0.2, 0.25) is 0 Å². The Kier molecular flexibility index (Phi) is 3.92. The molecule has 3 heteroatoms. The lowest BCUT2D eigenvalue weighted by Gasteiger charge is -2.23. The maximum atomic E-state index is 8.69. The van der Waals surface area contributed by atoms with Crippen molar-refractivity contribution in [2.75, 3.05) is 13.1 Å². The molecule has 2 N–H and O–H groups in total. The van der Waals surface area contributed by atoms with Gasteiger partial charge in [0.1, 0.15) is 0 Å². The number of nitrogens with one attached hydrogen (secondary N) is 2. The Morgan fingerprint density at radius 2 is 2.19 bits per heavy atom. The molecule has 1 aromatic rings. The minimum absolute atomic E-state index is 0.587. The second kappa shape index (κ2) is 5.64. The van der Waals surface area contributed by atoms with Crippen molar-refractivity contribution in [3.63, 3.8) is 0 Å². The van der Waals surface area contributed by atoms with Gasteiger partial charge in [0.25, 0.3) is 0 Å². The van der Waals surface area contributed by atoms with Crippen LogP contribution >= 0.6 is 0 Å². The number of hydrogen-bond donors (Lipinski definition) is 2. The van der Waals surface area contributed by atoms with Gasteiger partial charge in [-0.05, 0) is 37.1 Å². The molecule has 1 saturated heterocycles. The van der Waals surface area contributed by atoms with Crippen LogP contribution in [0, 0.1) is 11.3 Å². The molecule has 1 fully saturated rings. The highest BCUT2D eigenvalue weighted by Crippen LogP contribution is 2.06. The van der Waals surface area contributed by atoms with Crippen LogP contribution < -0.4 is 10.6 Å². The van der Waals surface area contributed by atoms with Crippen LogP contribution in [0.1, 0.15) is 24.0 Å². The summed E-state index contributed by atoms with van der Waals surface area (Å²) in [6, 6.07) is 10.5. The maximum Gasteiger partial charge on any atom is 0.0991 e. The van der Waals surface area contributed by atoms with Crippen molar-refractivity contribution in [2.24, 2.45) is 0 Å². The summed E-state index contributed by atoms with van der Waals surface area (Å²) in [6.07, 6.45) is 2.51. The Hall–Kier alpha value is -1.37. The fourth-order valence-electron chi connectivity index (χ4n) is 1.99. The summed E-state index contributed by atoms with van der Waals surface area (Å²) in [6.45, 7) is 3.10. The van der Waals surface area contributed by atoms with Crippen molar-refractivity contribution >= 4 is 0 Å². The van der Waals surface area contributed by atoms with E-state index in [-0.39, 0.29) is 0 Å². The third-order valence-corrected chi connectivity index (χ3v) is 2.97. The Labute approximate surface area is 96.5 Å². The van der Waals surface area contributed by atoms with E-state index in [1.165, 1.54) is 18.4 Å². The highest BCUT2D eigenvalue weighted by molar-refractivity contribution is 5.31. The van der Waals surface area contributed by atoms with E-state index < -0.39 is 0 Å². The van der Waals surface area contributed by atoms with Crippen LogP contribution in [0.5, 0.6) is 0 Å². The van der Waals surface area contributed by atoms with Gasteiger partial charge in [-0.25, -0.2) is 0 Å². The van der Waals surface area contributed by atoms with Gasteiger partial charge in [0, 0.05) is 19.1 Å². The summed E-state index contributed by atoms with van der Waals surface area (Å²) in [5.74, 6) is 0. The number of nitrogens with zero attached hydrogens (tertiary/aromatic N) is 1. The quantitative estimate of drug-likeness (QED) is 0.801. The molecule has 0 saturated carbocycles. The molecule has 1 heterocycles. The first kappa shape index (κ1) is 11.1. The third kappa shape index (κ3) is 3.06. The van der Waals surface area contributed by atoms with E-state index in [0.29, 0.717) is 6.04 Å². The zero-order valence-electron chi connectivity index (χ0n) is 9.37. The third-order valence-electron chi connectivity index (χ3n) is 2.97.